The third kappa shape index (κ3) is 4.64. The first-order chi connectivity index (χ1) is 10.2. The minimum atomic E-state index is 0.911. The molecule has 0 spiro atoms. The van der Waals surface area contributed by atoms with Crippen molar-refractivity contribution in [2.24, 2.45) is 0 Å². The predicted molar refractivity (Wildman–Crippen MR) is 91.5 cm³/mol. The van der Waals surface area contributed by atoms with Gasteiger partial charge in [0.15, 0.2) is 0 Å². The van der Waals surface area contributed by atoms with Gasteiger partial charge in [0.05, 0.1) is 7.11 Å². The maximum absolute atomic E-state index is 5.51. The highest BCUT2D eigenvalue weighted by molar-refractivity contribution is 5.70. The number of hydrogen-bond donors (Lipinski definition) is 0. The summed E-state index contributed by atoms with van der Waals surface area (Å²) < 4.78 is 5.51. The molecule has 0 fully saturated rings. The molecule has 0 radical (unpaired) electrons. The summed E-state index contributed by atoms with van der Waals surface area (Å²) in [6, 6.07) is 16.7. The van der Waals surface area contributed by atoms with Crippen LogP contribution in [0.5, 0.6) is 5.75 Å². The highest BCUT2D eigenvalue weighted by atomic mass is 16.5. The summed E-state index contributed by atoms with van der Waals surface area (Å²) in [6.45, 7) is 4.23. The molecule has 0 heterocycles. The van der Waals surface area contributed by atoms with E-state index < -0.39 is 0 Å². The maximum Gasteiger partial charge on any atom is 0.122 e. The molecular weight excluding hydrogens is 256 g/mol. The molecule has 108 valence electrons. The van der Waals surface area contributed by atoms with Gasteiger partial charge in [-0.1, -0.05) is 66.3 Å². The summed E-state index contributed by atoms with van der Waals surface area (Å²) in [7, 11) is 1.73. The molecule has 0 amide bonds. The number of methoxy groups -OCH3 is 1. The van der Waals surface area contributed by atoms with Crippen LogP contribution in [0.3, 0.4) is 0 Å². The summed E-state index contributed by atoms with van der Waals surface area (Å²) >= 11 is 0. The van der Waals surface area contributed by atoms with Gasteiger partial charge in [0.25, 0.3) is 0 Å². The van der Waals surface area contributed by atoms with E-state index in [2.05, 4.69) is 62.4 Å². The third-order valence-electron chi connectivity index (χ3n) is 3.31. The van der Waals surface area contributed by atoms with E-state index in [-0.39, 0.29) is 0 Å². The van der Waals surface area contributed by atoms with Crippen LogP contribution in [-0.4, -0.2) is 7.11 Å². The molecule has 0 aliphatic carbocycles. The quantitative estimate of drug-likeness (QED) is 0.527. The number of rotatable bonds is 5. The molecule has 0 aliphatic heterocycles. The molecule has 0 aromatic heterocycles. The van der Waals surface area contributed by atoms with Crippen molar-refractivity contribution >= 4 is 12.2 Å². The average Bonchev–Trinajstić information content (AvgIpc) is 2.52. The molecule has 0 saturated heterocycles. The van der Waals surface area contributed by atoms with Gasteiger partial charge in [-0.3, -0.25) is 0 Å². The Hall–Kier alpha value is -2.28. The second-order valence-electron chi connectivity index (χ2n) is 5.30. The van der Waals surface area contributed by atoms with Gasteiger partial charge in [-0.05, 0) is 43.0 Å². The standard InChI is InChI=1S/C20H22O/c1-16(2)9-13-19-14-12-18(15-20(19)21-3)11-10-17-7-5-4-6-8-17/h4-12,14-15H,13H2,1-3H3/b11-10-. The van der Waals surface area contributed by atoms with Crippen LogP contribution >= 0.6 is 0 Å². The van der Waals surface area contributed by atoms with Crippen LogP contribution in [0.2, 0.25) is 0 Å². The highest BCUT2D eigenvalue weighted by Gasteiger charge is 2.02. The zero-order valence-electron chi connectivity index (χ0n) is 13.0. The van der Waals surface area contributed by atoms with Crippen molar-refractivity contribution in [2.45, 2.75) is 20.3 Å². The Morgan fingerprint density at radius 3 is 2.33 bits per heavy atom. The van der Waals surface area contributed by atoms with Crippen molar-refractivity contribution in [3.8, 4) is 5.75 Å². The SMILES string of the molecule is COc1cc(/C=C\c2ccccc2)ccc1CC=C(C)C. The van der Waals surface area contributed by atoms with Gasteiger partial charge in [0.2, 0.25) is 0 Å². The van der Waals surface area contributed by atoms with E-state index >= 15 is 0 Å². The molecular formula is C20H22O. The van der Waals surface area contributed by atoms with Crippen molar-refractivity contribution in [1.82, 2.24) is 0 Å². The van der Waals surface area contributed by atoms with Crippen LogP contribution in [-0.2, 0) is 6.42 Å². The molecule has 1 nitrogen and oxygen atoms in total. The topological polar surface area (TPSA) is 9.23 Å². The van der Waals surface area contributed by atoms with Crippen LogP contribution in [0.15, 0.2) is 60.2 Å². The zero-order valence-corrected chi connectivity index (χ0v) is 13.0. The largest absolute Gasteiger partial charge is 0.496 e. The van der Waals surface area contributed by atoms with Crippen molar-refractivity contribution < 1.29 is 4.74 Å². The van der Waals surface area contributed by atoms with E-state index in [1.165, 1.54) is 16.7 Å². The number of benzene rings is 2. The second-order valence-corrected chi connectivity index (χ2v) is 5.30. The van der Waals surface area contributed by atoms with E-state index in [4.69, 9.17) is 4.74 Å². The van der Waals surface area contributed by atoms with Gasteiger partial charge < -0.3 is 4.74 Å². The first-order valence-corrected chi connectivity index (χ1v) is 7.22. The Morgan fingerprint density at radius 1 is 0.952 bits per heavy atom. The minimum Gasteiger partial charge on any atom is -0.496 e. The fourth-order valence-corrected chi connectivity index (χ4v) is 2.10. The minimum absolute atomic E-state index is 0.911. The Morgan fingerprint density at radius 2 is 1.67 bits per heavy atom. The maximum atomic E-state index is 5.51. The van der Waals surface area contributed by atoms with Crippen molar-refractivity contribution in [1.29, 1.82) is 0 Å². The van der Waals surface area contributed by atoms with Gasteiger partial charge in [-0.15, -0.1) is 0 Å². The van der Waals surface area contributed by atoms with Crippen molar-refractivity contribution in [2.75, 3.05) is 7.11 Å². The number of allylic oxidation sites excluding steroid dienone is 2. The Labute approximate surface area is 127 Å². The Bertz CT molecular complexity index is 632. The molecule has 0 bridgehead atoms. The second kappa shape index (κ2) is 7.49. The lowest BCUT2D eigenvalue weighted by Gasteiger charge is -2.08. The van der Waals surface area contributed by atoms with Gasteiger partial charge in [-0.25, -0.2) is 0 Å². The smallest absolute Gasteiger partial charge is 0.122 e. The fourth-order valence-electron chi connectivity index (χ4n) is 2.10. The molecule has 2 aromatic carbocycles. The predicted octanol–water partition coefficient (Wildman–Crippen LogP) is 5.37. The van der Waals surface area contributed by atoms with Crippen LogP contribution < -0.4 is 4.74 Å². The third-order valence-corrected chi connectivity index (χ3v) is 3.31. The van der Waals surface area contributed by atoms with E-state index in [0.717, 1.165) is 17.7 Å². The molecule has 0 saturated carbocycles. The van der Waals surface area contributed by atoms with Gasteiger partial charge in [0, 0.05) is 0 Å². The first kappa shape index (κ1) is 15.1. The molecule has 0 N–H and O–H groups in total. The normalized spacial score (nSPS) is 10.6. The van der Waals surface area contributed by atoms with Gasteiger partial charge >= 0.3 is 0 Å². The Balaban J connectivity index is 2.19. The summed E-state index contributed by atoms with van der Waals surface area (Å²) in [6.07, 6.45) is 7.36. The van der Waals surface area contributed by atoms with E-state index in [0.29, 0.717) is 0 Å². The number of hydrogen-bond acceptors (Lipinski definition) is 1. The average molecular weight is 278 g/mol. The molecule has 21 heavy (non-hydrogen) atoms. The summed E-state index contributed by atoms with van der Waals surface area (Å²) in [5, 5.41) is 0. The zero-order chi connectivity index (χ0) is 15.1. The monoisotopic (exact) mass is 278 g/mol. The van der Waals surface area contributed by atoms with Crippen molar-refractivity contribution in [3.05, 3.63) is 76.9 Å². The lowest BCUT2D eigenvalue weighted by Crippen LogP contribution is -1.91. The van der Waals surface area contributed by atoms with E-state index in [1.807, 2.05) is 18.2 Å². The lowest BCUT2D eigenvalue weighted by atomic mass is 10.1. The van der Waals surface area contributed by atoms with E-state index in [9.17, 15) is 0 Å². The van der Waals surface area contributed by atoms with Crippen LogP contribution in [0.4, 0.5) is 0 Å². The highest BCUT2D eigenvalue weighted by Crippen LogP contribution is 2.22. The molecule has 0 atom stereocenters. The van der Waals surface area contributed by atoms with E-state index in [1.54, 1.807) is 7.11 Å². The lowest BCUT2D eigenvalue weighted by molar-refractivity contribution is 0.410. The molecule has 2 aromatic rings. The first-order valence-electron chi connectivity index (χ1n) is 7.22. The summed E-state index contributed by atoms with van der Waals surface area (Å²) in [5.41, 5.74) is 4.89. The summed E-state index contributed by atoms with van der Waals surface area (Å²) in [4.78, 5) is 0. The van der Waals surface area contributed by atoms with Gasteiger partial charge in [0.1, 0.15) is 5.75 Å². The van der Waals surface area contributed by atoms with Crippen molar-refractivity contribution in [3.63, 3.8) is 0 Å². The Kier molecular flexibility index (Phi) is 5.39. The fraction of sp³-hybridized carbons (Fsp3) is 0.200. The molecule has 0 unspecified atom stereocenters. The number of ether oxygens (including phenoxy) is 1. The van der Waals surface area contributed by atoms with Crippen LogP contribution in [0, 0.1) is 0 Å². The van der Waals surface area contributed by atoms with Crippen LogP contribution in [0.1, 0.15) is 30.5 Å². The summed E-state index contributed by atoms with van der Waals surface area (Å²) in [5.74, 6) is 0.947. The van der Waals surface area contributed by atoms with Crippen LogP contribution in [0.25, 0.3) is 12.2 Å². The molecule has 0 aliphatic rings. The molecule has 1 heteroatoms. The van der Waals surface area contributed by atoms with Gasteiger partial charge in [-0.2, -0.15) is 0 Å². The molecule has 2 rings (SSSR count).